The third kappa shape index (κ3) is 18.9. The molecule has 0 aromatic carbocycles. The molecule has 0 spiro atoms. The summed E-state index contributed by atoms with van der Waals surface area (Å²) in [6.07, 6.45) is 15.0. The van der Waals surface area contributed by atoms with Crippen molar-refractivity contribution in [2.24, 2.45) is 0 Å². The van der Waals surface area contributed by atoms with E-state index in [-0.39, 0.29) is 51.4 Å². The predicted octanol–water partition coefficient (Wildman–Crippen LogP) is 2.55. The van der Waals surface area contributed by atoms with Crippen LogP contribution in [-0.4, -0.2) is 29.4 Å². The molecule has 0 aromatic rings. The van der Waals surface area contributed by atoms with Crippen molar-refractivity contribution in [1.29, 1.82) is 0 Å². The SMILES string of the molecule is CCCCCCCCC(O)CCC(CCCCCCCC)S(=O)(=O)[O-].[K+]. The van der Waals surface area contributed by atoms with E-state index in [1.807, 2.05) is 0 Å². The molecule has 0 aliphatic rings. The Bertz CT molecular complexity index is 387. The van der Waals surface area contributed by atoms with Crippen molar-refractivity contribution in [3.05, 3.63) is 0 Å². The minimum Gasteiger partial charge on any atom is -0.748 e. The fourth-order valence-corrected chi connectivity index (χ4v) is 4.15. The molecule has 0 aliphatic heterocycles. The number of rotatable bonds is 18. The Kier molecular flexibility index (Phi) is 22.6. The Balaban J connectivity index is 0. The Labute approximate surface area is 205 Å². The van der Waals surface area contributed by atoms with Gasteiger partial charge in [0.25, 0.3) is 0 Å². The Morgan fingerprint density at radius 1 is 0.692 bits per heavy atom. The van der Waals surface area contributed by atoms with Crippen LogP contribution in [0.2, 0.25) is 0 Å². The molecule has 1 N–H and O–H groups in total. The van der Waals surface area contributed by atoms with Crippen LogP contribution in [-0.2, 0) is 10.1 Å². The van der Waals surface area contributed by atoms with Crippen molar-refractivity contribution in [1.82, 2.24) is 0 Å². The second-order valence-corrected chi connectivity index (χ2v) is 9.11. The van der Waals surface area contributed by atoms with Crippen molar-refractivity contribution < 1.29 is 69.5 Å². The van der Waals surface area contributed by atoms with Gasteiger partial charge in [-0.3, -0.25) is 0 Å². The van der Waals surface area contributed by atoms with E-state index in [0.29, 0.717) is 19.3 Å². The van der Waals surface area contributed by atoms with Gasteiger partial charge >= 0.3 is 51.4 Å². The monoisotopic (exact) mass is 416 g/mol. The molecule has 0 bridgehead atoms. The number of unbranched alkanes of at least 4 members (excludes halogenated alkanes) is 10. The zero-order valence-corrected chi connectivity index (χ0v) is 21.5. The molecule has 0 amide bonds. The number of aliphatic hydroxyl groups is 1. The van der Waals surface area contributed by atoms with Crippen LogP contribution in [0.5, 0.6) is 0 Å². The van der Waals surface area contributed by atoms with Gasteiger partial charge in [-0.2, -0.15) is 0 Å². The van der Waals surface area contributed by atoms with Crippen molar-refractivity contribution in [3.63, 3.8) is 0 Å². The van der Waals surface area contributed by atoms with E-state index in [0.717, 1.165) is 38.5 Å². The van der Waals surface area contributed by atoms with Gasteiger partial charge in [0.05, 0.1) is 16.2 Å². The Hall–Kier alpha value is 1.51. The maximum absolute atomic E-state index is 11.4. The van der Waals surface area contributed by atoms with Crippen LogP contribution in [0.3, 0.4) is 0 Å². The molecule has 0 aromatic heterocycles. The Morgan fingerprint density at radius 3 is 1.58 bits per heavy atom. The van der Waals surface area contributed by atoms with Crippen LogP contribution in [0.4, 0.5) is 0 Å². The molecule has 0 fully saturated rings. The van der Waals surface area contributed by atoms with Gasteiger partial charge in [0.1, 0.15) is 0 Å². The standard InChI is InChI=1S/C20H42O4S.K/c1-3-5-7-9-11-13-15-19(21)17-18-20(25(22,23)24)16-14-12-10-8-6-4-2;/h19-21H,3-18H2,1-2H3,(H,22,23,24);/q;+1/p-1. The van der Waals surface area contributed by atoms with Gasteiger partial charge in [-0.05, 0) is 25.7 Å². The van der Waals surface area contributed by atoms with Gasteiger partial charge in [0.15, 0.2) is 0 Å². The normalized spacial score (nSPS) is 14.0. The minimum atomic E-state index is -4.25. The number of hydrogen-bond acceptors (Lipinski definition) is 4. The number of hydrogen-bond donors (Lipinski definition) is 1. The molecular weight excluding hydrogens is 375 g/mol. The van der Waals surface area contributed by atoms with Crippen LogP contribution in [0.25, 0.3) is 0 Å². The minimum absolute atomic E-state index is 0. The van der Waals surface area contributed by atoms with E-state index in [4.69, 9.17) is 0 Å². The van der Waals surface area contributed by atoms with Gasteiger partial charge in [-0.15, -0.1) is 0 Å². The molecule has 26 heavy (non-hydrogen) atoms. The summed E-state index contributed by atoms with van der Waals surface area (Å²) < 4.78 is 34.3. The summed E-state index contributed by atoms with van der Waals surface area (Å²) in [4.78, 5) is 0. The molecule has 0 rings (SSSR count). The van der Waals surface area contributed by atoms with Crippen molar-refractivity contribution in [3.8, 4) is 0 Å². The summed E-state index contributed by atoms with van der Waals surface area (Å²) in [6.45, 7) is 4.35. The van der Waals surface area contributed by atoms with Crippen molar-refractivity contribution in [2.75, 3.05) is 0 Å². The smallest absolute Gasteiger partial charge is 0.748 e. The molecular formula is C20H41KO4S. The summed E-state index contributed by atoms with van der Waals surface area (Å²) in [7, 11) is -4.25. The van der Waals surface area contributed by atoms with E-state index in [1.165, 1.54) is 44.9 Å². The van der Waals surface area contributed by atoms with Crippen LogP contribution in [0.1, 0.15) is 117 Å². The van der Waals surface area contributed by atoms with E-state index in [9.17, 15) is 18.1 Å². The first-order valence-corrected chi connectivity index (χ1v) is 12.0. The van der Waals surface area contributed by atoms with Gasteiger partial charge in [0.2, 0.25) is 0 Å². The molecule has 0 aliphatic carbocycles. The van der Waals surface area contributed by atoms with E-state index >= 15 is 0 Å². The molecule has 0 saturated carbocycles. The molecule has 2 atom stereocenters. The van der Waals surface area contributed by atoms with E-state index in [2.05, 4.69) is 13.8 Å². The van der Waals surface area contributed by atoms with Crippen LogP contribution in [0.15, 0.2) is 0 Å². The second kappa shape index (κ2) is 19.8. The second-order valence-electron chi connectivity index (χ2n) is 7.46. The van der Waals surface area contributed by atoms with Gasteiger partial charge in [0, 0.05) is 5.25 Å². The molecule has 152 valence electrons. The first kappa shape index (κ1) is 29.7. The van der Waals surface area contributed by atoms with Crippen LogP contribution in [0, 0.1) is 0 Å². The zero-order valence-electron chi connectivity index (χ0n) is 17.5. The summed E-state index contributed by atoms with van der Waals surface area (Å²) in [6, 6.07) is 0. The molecule has 0 heterocycles. The molecule has 4 nitrogen and oxygen atoms in total. The summed E-state index contributed by atoms with van der Waals surface area (Å²) in [5, 5.41) is 9.22. The largest absolute Gasteiger partial charge is 1.00 e. The molecule has 6 heteroatoms. The first-order chi connectivity index (χ1) is 11.9. The molecule has 0 radical (unpaired) electrons. The van der Waals surface area contributed by atoms with Crippen molar-refractivity contribution in [2.45, 2.75) is 128 Å². The van der Waals surface area contributed by atoms with Gasteiger partial charge in [-0.1, -0.05) is 90.9 Å². The topological polar surface area (TPSA) is 77.4 Å². The first-order valence-electron chi connectivity index (χ1n) is 10.5. The fourth-order valence-electron chi connectivity index (χ4n) is 3.27. The van der Waals surface area contributed by atoms with E-state index in [1.54, 1.807) is 0 Å². The van der Waals surface area contributed by atoms with E-state index < -0.39 is 21.5 Å². The average Bonchev–Trinajstić information content (AvgIpc) is 2.55. The summed E-state index contributed by atoms with van der Waals surface area (Å²) in [5.41, 5.74) is 0. The van der Waals surface area contributed by atoms with Gasteiger partial charge < -0.3 is 9.66 Å². The predicted molar refractivity (Wildman–Crippen MR) is 105 cm³/mol. The number of aliphatic hydroxyl groups excluding tert-OH is 1. The quantitative estimate of drug-likeness (QED) is 0.212. The van der Waals surface area contributed by atoms with Crippen LogP contribution >= 0.6 is 0 Å². The maximum Gasteiger partial charge on any atom is 1.00 e. The maximum atomic E-state index is 11.4. The molecule has 2 unspecified atom stereocenters. The third-order valence-electron chi connectivity index (χ3n) is 5.00. The van der Waals surface area contributed by atoms with Crippen molar-refractivity contribution >= 4 is 10.1 Å². The van der Waals surface area contributed by atoms with Gasteiger partial charge in [-0.25, -0.2) is 8.42 Å². The molecule has 0 saturated heterocycles. The van der Waals surface area contributed by atoms with Crippen LogP contribution < -0.4 is 51.4 Å². The summed E-state index contributed by atoms with van der Waals surface area (Å²) >= 11 is 0. The Morgan fingerprint density at radius 2 is 1.12 bits per heavy atom. The zero-order chi connectivity index (χ0) is 19.0. The fraction of sp³-hybridized carbons (Fsp3) is 1.00. The third-order valence-corrected chi connectivity index (χ3v) is 6.29. The average molecular weight is 417 g/mol. The summed E-state index contributed by atoms with van der Waals surface area (Å²) in [5.74, 6) is 0.